The van der Waals surface area contributed by atoms with Crippen LogP contribution in [-0.4, -0.2) is 20.1 Å². The van der Waals surface area contributed by atoms with Gasteiger partial charge in [-0.3, -0.25) is 25.6 Å². The van der Waals surface area contributed by atoms with E-state index < -0.39 is 27.0 Å². The van der Waals surface area contributed by atoms with E-state index in [1.54, 1.807) is 0 Å². The van der Waals surface area contributed by atoms with Gasteiger partial charge in [0.2, 0.25) is 0 Å². The molecular formula is C14H14N4O5S. The van der Waals surface area contributed by atoms with Gasteiger partial charge in [0.1, 0.15) is 0 Å². The normalized spacial score (nSPS) is 9.50. The van der Waals surface area contributed by atoms with E-state index in [9.17, 15) is 20.2 Å². The molecule has 4 N–H and O–H groups in total. The molecule has 0 aliphatic heterocycles. The zero-order valence-corrected chi connectivity index (χ0v) is 13.1. The number of hydrogen-bond acceptors (Lipinski definition) is 7. The molecule has 0 bridgehead atoms. The predicted octanol–water partition coefficient (Wildman–Crippen LogP) is 3.02. The maximum atomic E-state index is 10.2. The van der Waals surface area contributed by atoms with Crippen molar-refractivity contribution in [2.24, 2.45) is 5.73 Å². The Balaban J connectivity index is 0.000000243. The molecule has 0 radical (unpaired) electrons. The minimum atomic E-state index is -0.887. The fourth-order valence-corrected chi connectivity index (χ4v) is 2.02. The van der Waals surface area contributed by atoms with E-state index in [1.165, 1.54) is 17.3 Å². The van der Waals surface area contributed by atoms with Crippen molar-refractivity contribution in [2.75, 3.05) is 0 Å². The van der Waals surface area contributed by atoms with Crippen LogP contribution in [0.2, 0.25) is 0 Å². The lowest BCUT2D eigenvalue weighted by molar-refractivity contribution is -0.394. The van der Waals surface area contributed by atoms with E-state index in [1.807, 2.05) is 30.3 Å². The second-order valence-electron chi connectivity index (χ2n) is 4.33. The molecule has 0 saturated heterocycles. The number of hydrogen-bond donors (Lipinski definition) is 3. The Morgan fingerprint density at radius 3 is 2.25 bits per heavy atom. The van der Waals surface area contributed by atoms with Gasteiger partial charge in [0.25, 0.3) is 5.69 Å². The van der Waals surface area contributed by atoms with Gasteiger partial charge in [-0.25, -0.2) is 0 Å². The Kier molecular flexibility index (Phi) is 7.17. The Morgan fingerprint density at radius 2 is 1.75 bits per heavy atom. The van der Waals surface area contributed by atoms with Crippen molar-refractivity contribution in [2.45, 2.75) is 5.75 Å². The second-order valence-corrected chi connectivity index (χ2v) is 5.34. The first-order chi connectivity index (χ1) is 11.3. The van der Waals surface area contributed by atoms with Crippen molar-refractivity contribution in [3.63, 3.8) is 0 Å². The molecule has 24 heavy (non-hydrogen) atoms. The van der Waals surface area contributed by atoms with Gasteiger partial charge in [-0.1, -0.05) is 42.1 Å². The molecule has 0 unspecified atom stereocenters. The monoisotopic (exact) mass is 350 g/mol. The standard InChI is InChI=1S/C8H10N2S.C6H4N2O5/c9-8(10)11-6-7-4-2-1-3-5-7;9-6-2-1-4(7(10)11)3-5(6)8(12)13/h1-5H,6H2,(H3,9,10);1-3,9H. The lowest BCUT2D eigenvalue weighted by Crippen LogP contribution is -2.03. The van der Waals surface area contributed by atoms with E-state index in [4.69, 9.17) is 16.2 Å². The molecule has 2 rings (SSSR count). The Morgan fingerprint density at radius 1 is 1.12 bits per heavy atom. The predicted molar refractivity (Wildman–Crippen MR) is 91.1 cm³/mol. The third-order valence-corrected chi connectivity index (χ3v) is 3.39. The fraction of sp³-hybridized carbons (Fsp3) is 0.0714. The van der Waals surface area contributed by atoms with Gasteiger partial charge in [-0.05, 0) is 11.6 Å². The van der Waals surface area contributed by atoms with Crippen LogP contribution in [0.1, 0.15) is 5.56 Å². The number of nitrogens with zero attached hydrogens (tertiary/aromatic N) is 2. The summed E-state index contributed by atoms with van der Waals surface area (Å²) in [6.45, 7) is 0. The molecule has 126 valence electrons. The maximum Gasteiger partial charge on any atom is 0.317 e. The highest BCUT2D eigenvalue weighted by Gasteiger charge is 2.18. The van der Waals surface area contributed by atoms with E-state index >= 15 is 0 Å². The fourth-order valence-electron chi connectivity index (χ4n) is 1.51. The van der Waals surface area contributed by atoms with Crippen molar-refractivity contribution in [3.05, 3.63) is 74.3 Å². The van der Waals surface area contributed by atoms with Gasteiger partial charge in [-0.2, -0.15) is 0 Å². The lowest BCUT2D eigenvalue weighted by atomic mass is 10.2. The number of nitro groups is 2. The first kappa shape index (κ1) is 18.9. The van der Waals surface area contributed by atoms with Crippen LogP contribution in [0.4, 0.5) is 11.4 Å². The molecule has 2 aromatic carbocycles. The zero-order chi connectivity index (χ0) is 18.1. The highest BCUT2D eigenvalue weighted by atomic mass is 32.2. The second kappa shape index (κ2) is 9.10. The summed E-state index contributed by atoms with van der Waals surface area (Å²) < 4.78 is 0. The molecular weight excluding hydrogens is 336 g/mol. The summed E-state index contributed by atoms with van der Waals surface area (Å²) in [5, 5.41) is 36.5. The quantitative estimate of drug-likeness (QED) is 0.331. The first-order valence-electron chi connectivity index (χ1n) is 6.43. The van der Waals surface area contributed by atoms with Crippen LogP contribution >= 0.6 is 11.8 Å². The van der Waals surface area contributed by atoms with Gasteiger partial charge in [0.15, 0.2) is 10.9 Å². The van der Waals surface area contributed by atoms with Crippen molar-refractivity contribution >= 4 is 28.3 Å². The topological polar surface area (TPSA) is 156 Å². The van der Waals surface area contributed by atoms with Gasteiger partial charge < -0.3 is 10.8 Å². The van der Waals surface area contributed by atoms with Crippen LogP contribution < -0.4 is 5.73 Å². The number of amidine groups is 1. The summed E-state index contributed by atoms with van der Waals surface area (Å²) in [5.41, 5.74) is 5.29. The number of benzene rings is 2. The number of phenolic OH excluding ortho intramolecular Hbond substituents is 1. The Bertz CT molecular complexity index is 739. The summed E-state index contributed by atoms with van der Waals surface area (Å²) in [6, 6.07) is 12.6. The van der Waals surface area contributed by atoms with Crippen molar-refractivity contribution in [3.8, 4) is 5.75 Å². The summed E-state index contributed by atoms with van der Waals surface area (Å²) in [7, 11) is 0. The molecule has 0 saturated carbocycles. The zero-order valence-electron chi connectivity index (χ0n) is 12.3. The van der Waals surface area contributed by atoms with Crippen LogP contribution in [0, 0.1) is 25.6 Å². The molecule has 10 heteroatoms. The SMILES string of the molecule is N=C(N)SCc1ccccc1.O=[N+]([O-])c1ccc(O)c([N+](=O)[O-])c1. The Hall–Kier alpha value is -3.14. The lowest BCUT2D eigenvalue weighted by Gasteiger charge is -1.97. The van der Waals surface area contributed by atoms with E-state index in [0.717, 1.165) is 17.9 Å². The number of rotatable bonds is 4. The smallest absolute Gasteiger partial charge is 0.317 e. The highest BCUT2D eigenvalue weighted by molar-refractivity contribution is 8.13. The number of non-ortho nitro benzene ring substituents is 1. The number of nitro benzene ring substituents is 2. The van der Waals surface area contributed by atoms with Crippen molar-refractivity contribution in [1.82, 2.24) is 0 Å². The van der Waals surface area contributed by atoms with Crippen LogP contribution in [0.25, 0.3) is 0 Å². The molecule has 0 aliphatic rings. The summed E-state index contributed by atoms with van der Waals surface area (Å²) in [5.74, 6) is 0.200. The van der Waals surface area contributed by atoms with Crippen LogP contribution in [0.5, 0.6) is 5.75 Å². The van der Waals surface area contributed by atoms with Crippen LogP contribution in [0.15, 0.2) is 48.5 Å². The van der Waals surface area contributed by atoms with Crippen molar-refractivity contribution < 1.29 is 15.0 Å². The van der Waals surface area contributed by atoms with E-state index in [2.05, 4.69) is 0 Å². The molecule has 0 heterocycles. The highest BCUT2D eigenvalue weighted by Crippen LogP contribution is 2.29. The van der Waals surface area contributed by atoms with Crippen LogP contribution in [0.3, 0.4) is 0 Å². The number of nitrogens with two attached hydrogens (primary N) is 1. The van der Waals surface area contributed by atoms with Gasteiger partial charge in [-0.15, -0.1) is 0 Å². The van der Waals surface area contributed by atoms with Gasteiger partial charge >= 0.3 is 5.69 Å². The molecule has 0 atom stereocenters. The number of phenols is 1. The van der Waals surface area contributed by atoms with Crippen molar-refractivity contribution in [1.29, 1.82) is 5.41 Å². The number of aromatic hydroxyl groups is 1. The molecule has 0 aromatic heterocycles. The van der Waals surface area contributed by atoms with Gasteiger partial charge in [0.05, 0.1) is 15.9 Å². The van der Waals surface area contributed by atoms with E-state index in [-0.39, 0.29) is 5.17 Å². The average Bonchev–Trinajstić information content (AvgIpc) is 2.54. The summed E-state index contributed by atoms with van der Waals surface area (Å²) in [6.07, 6.45) is 0. The maximum absolute atomic E-state index is 10.2. The molecule has 0 aliphatic carbocycles. The third kappa shape index (κ3) is 6.32. The molecule has 0 amide bonds. The molecule has 0 fully saturated rings. The third-order valence-electron chi connectivity index (χ3n) is 2.60. The molecule has 0 spiro atoms. The molecule has 2 aromatic rings. The minimum absolute atomic E-state index is 0.175. The first-order valence-corrected chi connectivity index (χ1v) is 7.42. The van der Waals surface area contributed by atoms with E-state index in [0.29, 0.717) is 6.07 Å². The largest absolute Gasteiger partial charge is 0.502 e. The summed E-state index contributed by atoms with van der Waals surface area (Å²) in [4.78, 5) is 18.7. The van der Waals surface area contributed by atoms with Crippen LogP contribution in [-0.2, 0) is 5.75 Å². The minimum Gasteiger partial charge on any atom is -0.502 e. The average molecular weight is 350 g/mol. The molecule has 9 nitrogen and oxygen atoms in total. The number of thioether (sulfide) groups is 1. The van der Waals surface area contributed by atoms with Gasteiger partial charge in [0, 0.05) is 11.8 Å². The summed E-state index contributed by atoms with van der Waals surface area (Å²) >= 11 is 1.35. The Labute approximate surface area is 140 Å². The number of nitrogens with one attached hydrogen (secondary N) is 1.